The van der Waals surface area contributed by atoms with E-state index in [2.05, 4.69) is 0 Å². The van der Waals surface area contributed by atoms with Crippen molar-refractivity contribution in [2.24, 2.45) is 0 Å². The molecule has 0 radical (unpaired) electrons. The Kier molecular flexibility index (Phi) is 4.66. The van der Waals surface area contributed by atoms with E-state index in [0.29, 0.717) is 22.5 Å². The fourth-order valence-electron chi connectivity index (χ4n) is 3.92. The van der Waals surface area contributed by atoms with E-state index in [-0.39, 0.29) is 36.2 Å². The van der Waals surface area contributed by atoms with E-state index < -0.39 is 11.9 Å². The van der Waals surface area contributed by atoms with E-state index in [1.54, 1.807) is 17.0 Å². The number of phenols is 1. The molecular formula is C22H21NO6. The predicted octanol–water partition coefficient (Wildman–Crippen LogP) is 3.05. The van der Waals surface area contributed by atoms with Gasteiger partial charge in [0.1, 0.15) is 6.61 Å². The molecule has 2 aromatic carbocycles. The van der Waals surface area contributed by atoms with Crippen LogP contribution < -0.4 is 14.4 Å². The van der Waals surface area contributed by atoms with E-state index in [1.165, 1.54) is 14.2 Å². The van der Waals surface area contributed by atoms with Crippen molar-refractivity contribution >= 4 is 17.6 Å². The zero-order valence-corrected chi connectivity index (χ0v) is 16.4. The number of anilines is 1. The lowest BCUT2D eigenvalue weighted by atomic mass is 9.83. The minimum Gasteiger partial charge on any atom is -0.502 e. The van der Waals surface area contributed by atoms with E-state index >= 15 is 0 Å². The van der Waals surface area contributed by atoms with Crippen molar-refractivity contribution in [3.8, 4) is 17.2 Å². The molecule has 2 aliphatic heterocycles. The summed E-state index contributed by atoms with van der Waals surface area (Å²) < 4.78 is 15.8. The number of esters is 1. The number of aromatic hydroxyl groups is 1. The van der Waals surface area contributed by atoms with Gasteiger partial charge in [0.25, 0.3) is 0 Å². The number of hydrogen-bond donors (Lipinski definition) is 1. The third kappa shape index (κ3) is 3.08. The van der Waals surface area contributed by atoms with Gasteiger partial charge in [-0.15, -0.1) is 0 Å². The molecule has 1 atom stereocenters. The fourth-order valence-corrected chi connectivity index (χ4v) is 3.92. The van der Waals surface area contributed by atoms with Crippen molar-refractivity contribution in [2.75, 3.05) is 25.7 Å². The Balaban J connectivity index is 1.85. The number of carbonyl (C=O) groups is 2. The van der Waals surface area contributed by atoms with Crippen LogP contribution in [-0.2, 0) is 14.3 Å². The third-order valence-corrected chi connectivity index (χ3v) is 5.28. The van der Waals surface area contributed by atoms with Gasteiger partial charge in [0.2, 0.25) is 11.7 Å². The number of methoxy groups -OCH3 is 2. The lowest BCUT2D eigenvalue weighted by molar-refractivity contribution is -0.136. The van der Waals surface area contributed by atoms with Gasteiger partial charge in [-0.25, -0.2) is 4.79 Å². The maximum atomic E-state index is 13.1. The van der Waals surface area contributed by atoms with Crippen LogP contribution in [0.4, 0.5) is 5.69 Å². The molecule has 0 spiro atoms. The van der Waals surface area contributed by atoms with Gasteiger partial charge < -0.3 is 19.3 Å². The molecule has 0 saturated carbocycles. The molecule has 0 aliphatic carbocycles. The molecule has 4 rings (SSSR count). The highest BCUT2D eigenvalue weighted by Gasteiger charge is 2.43. The largest absolute Gasteiger partial charge is 0.502 e. The molecule has 2 aromatic rings. The number of cyclic esters (lactones) is 1. The Morgan fingerprint density at radius 1 is 1.10 bits per heavy atom. The summed E-state index contributed by atoms with van der Waals surface area (Å²) in [5.41, 5.74) is 3.35. The highest BCUT2D eigenvalue weighted by Crippen LogP contribution is 2.46. The van der Waals surface area contributed by atoms with Gasteiger partial charge in [-0.2, -0.15) is 0 Å². The summed E-state index contributed by atoms with van der Waals surface area (Å²) in [7, 11) is 2.86. The van der Waals surface area contributed by atoms with Crippen LogP contribution in [0.25, 0.3) is 0 Å². The maximum Gasteiger partial charge on any atom is 0.336 e. The fraction of sp³-hybridized carbons (Fsp3) is 0.273. The van der Waals surface area contributed by atoms with E-state index in [0.717, 1.165) is 5.56 Å². The maximum absolute atomic E-state index is 13.1. The summed E-state index contributed by atoms with van der Waals surface area (Å²) in [5.74, 6) is -0.810. The van der Waals surface area contributed by atoms with E-state index in [4.69, 9.17) is 14.2 Å². The highest BCUT2D eigenvalue weighted by molar-refractivity contribution is 6.06. The van der Waals surface area contributed by atoms with Crippen LogP contribution in [0.5, 0.6) is 17.2 Å². The Morgan fingerprint density at radius 2 is 1.79 bits per heavy atom. The zero-order valence-electron chi connectivity index (χ0n) is 16.4. The second-order valence-corrected chi connectivity index (χ2v) is 7.04. The topological polar surface area (TPSA) is 85.3 Å². The minimum atomic E-state index is -0.517. The molecule has 29 heavy (non-hydrogen) atoms. The lowest BCUT2D eigenvalue weighted by Crippen LogP contribution is -2.37. The smallest absolute Gasteiger partial charge is 0.336 e. The van der Waals surface area contributed by atoms with Crippen molar-refractivity contribution < 1.29 is 28.9 Å². The normalized spacial score (nSPS) is 18.6. The third-order valence-electron chi connectivity index (χ3n) is 5.28. The van der Waals surface area contributed by atoms with Crippen molar-refractivity contribution in [3.63, 3.8) is 0 Å². The molecule has 1 N–H and O–H groups in total. The van der Waals surface area contributed by atoms with Crippen molar-refractivity contribution in [3.05, 3.63) is 58.8 Å². The van der Waals surface area contributed by atoms with Gasteiger partial charge in [0, 0.05) is 18.0 Å². The number of hydrogen-bond acceptors (Lipinski definition) is 6. The summed E-state index contributed by atoms with van der Waals surface area (Å²) in [6.45, 7) is 1.98. The number of aryl methyl sites for hydroxylation is 1. The number of ether oxygens (including phenoxy) is 3. The van der Waals surface area contributed by atoms with Gasteiger partial charge in [0.15, 0.2) is 11.5 Å². The summed E-state index contributed by atoms with van der Waals surface area (Å²) >= 11 is 0. The number of phenolic OH excluding ortho intramolecular Hbond substituents is 1. The van der Waals surface area contributed by atoms with Crippen LogP contribution in [0.15, 0.2) is 47.7 Å². The number of benzene rings is 2. The minimum absolute atomic E-state index is 0.0384. The van der Waals surface area contributed by atoms with Gasteiger partial charge in [-0.05, 0) is 42.3 Å². The molecule has 0 bridgehead atoms. The molecule has 1 unspecified atom stereocenters. The number of amides is 1. The Morgan fingerprint density at radius 3 is 2.41 bits per heavy atom. The first-order valence-corrected chi connectivity index (χ1v) is 9.19. The number of nitrogens with zero attached hydrogens (tertiary/aromatic N) is 1. The second kappa shape index (κ2) is 7.16. The van der Waals surface area contributed by atoms with Gasteiger partial charge in [-0.3, -0.25) is 9.69 Å². The first-order chi connectivity index (χ1) is 13.9. The van der Waals surface area contributed by atoms with Crippen molar-refractivity contribution in [1.82, 2.24) is 0 Å². The molecule has 1 amide bonds. The molecule has 0 aromatic heterocycles. The van der Waals surface area contributed by atoms with Gasteiger partial charge >= 0.3 is 5.97 Å². The lowest BCUT2D eigenvalue weighted by Gasteiger charge is -2.32. The van der Waals surface area contributed by atoms with Gasteiger partial charge in [0.05, 0.1) is 25.5 Å². The standard InChI is InChI=1S/C22H21NO6/c1-12-5-4-6-14(7-12)23-16-11-29-22(26)20(16)15(10-19(23)24)13-8-17(27-2)21(25)18(9-13)28-3/h4-9,15,25H,10-11H2,1-3H3. The van der Waals surface area contributed by atoms with Crippen LogP contribution >= 0.6 is 0 Å². The molecule has 2 heterocycles. The Hall–Kier alpha value is -3.48. The molecule has 2 aliphatic rings. The molecule has 7 nitrogen and oxygen atoms in total. The summed E-state index contributed by atoms with van der Waals surface area (Å²) in [6, 6.07) is 10.8. The van der Waals surface area contributed by atoms with E-state index in [1.807, 2.05) is 31.2 Å². The summed E-state index contributed by atoms with van der Waals surface area (Å²) in [6.07, 6.45) is 0.0823. The van der Waals surface area contributed by atoms with Crippen LogP contribution in [0.2, 0.25) is 0 Å². The molecule has 150 valence electrons. The quantitative estimate of drug-likeness (QED) is 0.801. The average molecular weight is 395 g/mol. The van der Waals surface area contributed by atoms with E-state index in [9.17, 15) is 14.7 Å². The van der Waals surface area contributed by atoms with Crippen LogP contribution in [0.3, 0.4) is 0 Å². The first kappa shape index (κ1) is 18.9. The molecule has 7 heteroatoms. The number of rotatable bonds is 4. The first-order valence-electron chi connectivity index (χ1n) is 9.19. The highest BCUT2D eigenvalue weighted by atomic mass is 16.5. The Bertz CT molecular complexity index is 1020. The zero-order chi connectivity index (χ0) is 20.7. The molecule has 0 fully saturated rings. The monoisotopic (exact) mass is 395 g/mol. The van der Waals surface area contributed by atoms with Crippen LogP contribution in [-0.4, -0.2) is 37.8 Å². The number of carbonyl (C=O) groups excluding carboxylic acids is 2. The average Bonchev–Trinajstić information content (AvgIpc) is 3.09. The van der Waals surface area contributed by atoms with Crippen LogP contribution in [0, 0.1) is 6.92 Å². The second-order valence-electron chi connectivity index (χ2n) is 7.04. The van der Waals surface area contributed by atoms with Crippen molar-refractivity contribution in [1.29, 1.82) is 0 Å². The SMILES string of the molecule is COc1cc(C2CC(=O)N(c3cccc(C)c3)C3=C2C(=O)OC3)cc(OC)c1O. The molecular weight excluding hydrogens is 374 g/mol. The van der Waals surface area contributed by atoms with Gasteiger partial charge in [-0.1, -0.05) is 12.1 Å². The summed E-state index contributed by atoms with van der Waals surface area (Å²) in [4.78, 5) is 27.3. The van der Waals surface area contributed by atoms with Crippen molar-refractivity contribution in [2.45, 2.75) is 19.3 Å². The van der Waals surface area contributed by atoms with Crippen LogP contribution in [0.1, 0.15) is 23.5 Å². The Labute approximate surface area is 168 Å². The molecule has 0 saturated heterocycles. The predicted molar refractivity (Wildman–Crippen MR) is 105 cm³/mol. The summed E-state index contributed by atoms with van der Waals surface area (Å²) in [5, 5.41) is 10.2.